The number of carbonyl (C=O) groups excluding carboxylic acids is 5. The van der Waals surface area contributed by atoms with Crippen LogP contribution in [0.25, 0.3) is 11.1 Å². The molecule has 3 atom stereocenters. The number of phenolic OH excluding ortho intramolecular Hbond substituents is 1. The van der Waals surface area contributed by atoms with Crippen molar-refractivity contribution in [2.45, 2.75) is 75.5 Å². The van der Waals surface area contributed by atoms with Crippen LogP contribution in [0.3, 0.4) is 0 Å². The van der Waals surface area contributed by atoms with Crippen molar-refractivity contribution in [2.75, 3.05) is 19.6 Å². The molecular weight excluding hydrogens is 745 g/mol. The lowest BCUT2D eigenvalue weighted by Crippen LogP contribution is -2.54. The standard InChI is InChI=1S/C47H44N6O6/c54-36-11-13-38-31(20-36)10-12-37(29-4-2-1-3-5-29)44(38)30-8-6-28(7-9-30)34-23-48-52(26-34)35-16-18-51(19-17-35)43(56)27-50-24-32-21-39-40(22-33(32)25-50)47(59)53(46(39)58)41-14-15-42(55)49-45(41)57/h1-9,11,13,20-23,26,35,37,41,44,54H,10,12,14-19,24-25,27H2,(H,49,55,57)/t37-,41?,44+/m1/s1. The van der Waals surface area contributed by atoms with E-state index in [2.05, 4.69) is 72.2 Å². The maximum absolute atomic E-state index is 13.5. The molecule has 12 heteroatoms. The van der Waals surface area contributed by atoms with E-state index in [1.54, 1.807) is 18.2 Å². The number of imide groups is 2. The molecule has 298 valence electrons. The van der Waals surface area contributed by atoms with Crippen molar-refractivity contribution in [3.8, 4) is 16.9 Å². The van der Waals surface area contributed by atoms with Crippen molar-refractivity contribution in [3.05, 3.63) is 142 Å². The van der Waals surface area contributed by atoms with Crippen LogP contribution in [0.2, 0.25) is 0 Å². The van der Waals surface area contributed by atoms with Gasteiger partial charge in [0.15, 0.2) is 0 Å². The summed E-state index contributed by atoms with van der Waals surface area (Å²) in [6.45, 7) is 2.45. The number of nitrogens with zero attached hydrogens (tertiary/aromatic N) is 5. The molecule has 2 N–H and O–H groups in total. The summed E-state index contributed by atoms with van der Waals surface area (Å²) in [5, 5.41) is 17.2. The van der Waals surface area contributed by atoms with Crippen molar-refractivity contribution < 1.29 is 29.1 Å². The average Bonchev–Trinajstić information content (AvgIpc) is 3.96. The van der Waals surface area contributed by atoms with Crippen molar-refractivity contribution >= 4 is 29.5 Å². The number of aromatic nitrogens is 2. The Hall–Kier alpha value is -6.40. The Bertz CT molecular complexity index is 2480. The predicted octanol–water partition coefficient (Wildman–Crippen LogP) is 5.70. The van der Waals surface area contributed by atoms with E-state index >= 15 is 0 Å². The van der Waals surface area contributed by atoms with Crippen LogP contribution in [-0.4, -0.2) is 84.8 Å². The van der Waals surface area contributed by atoms with Crippen LogP contribution in [0.4, 0.5) is 0 Å². The van der Waals surface area contributed by atoms with Crippen molar-refractivity contribution in [2.24, 2.45) is 0 Å². The Kier molecular flexibility index (Phi) is 9.24. The first-order valence-corrected chi connectivity index (χ1v) is 20.6. The van der Waals surface area contributed by atoms with Gasteiger partial charge in [-0.25, -0.2) is 0 Å². The molecule has 10 rings (SSSR count). The van der Waals surface area contributed by atoms with Gasteiger partial charge in [-0.05, 0) is 101 Å². The Balaban J connectivity index is 0.755. The number of hydrogen-bond acceptors (Lipinski definition) is 8. The van der Waals surface area contributed by atoms with Gasteiger partial charge < -0.3 is 10.0 Å². The fraction of sp³-hybridized carbons (Fsp3) is 0.319. The van der Waals surface area contributed by atoms with Gasteiger partial charge in [0.05, 0.1) is 29.9 Å². The Labute approximate surface area is 341 Å². The molecule has 5 aliphatic rings. The lowest BCUT2D eigenvalue weighted by molar-refractivity contribution is -0.136. The first-order chi connectivity index (χ1) is 28.7. The number of benzene rings is 4. The third-order valence-corrected chi connectivity index (χ3v) is 13.1. The molecule has 5 aromatic rings. The first-order valence-electron chi connectivity index (χ1n) is 20.6. The van der Waals surface area contributed by atoms with Crippen LogP contribution in [0.15, 0.2) is 97.3 Å². The molecule has 1 aliphatic carbocycles. The molecule has 1 unspecified atom stereocenters. The minimum atomic E-state index is -1.00. The summed E-state index contributed by atoms with van der Waals surface area (Å²) in [6.07, 6.45) is 7.76. The van der Waals surface area contributed by atoms with E-state index < -0.39 is 29.7 Å². The Morgan fingerprint density at radius 2 is 1.46 bits per heavy atom. The van der Waals surface area contributed by atoms with Crippen molar-refractivity contribution in [1.29, 1.82) is 0 Å². The van der Waals surface area contributed by atoms with Gasteiger partial charge in [-0.1, -0.05) is 60.7 Å². The third-order valence-electron chi connectivity index (χ3n) is 13.1. The zero-order chi connectivity index (χ0) is 40.4. The van der Waals surface area contributed by atoms with E-state index in [0.29, 0.717) is 37.8 Å². The highest BCUT2D eigenvalue weighted by atomic mass is 16.3. The smallest absolute Gasteiger partial charge is 0.262 e. The molecule has 0 spiro atoms. The summed E-state index contributed by atoms with van der Waals surface area (Å²) in [6, 6.07) is 28.0. The molecule has 59 heavy (non-hydrogen) atoms. The van der Waals surface area contributed by atoms with E-state index in [4.69, 9.17) is 5.10 Å². The summed E-state index contributed by atoms with van der Waals surface area (Å²) in [4.78, 5) is 69.2. The third kappa shape index (κ3) is 6.70. The van der Waals surface area contributed by atoms with Crippen LogP contribution in [0.5, 0.6) is 5.75 Å². The van der Waals surface area contributed by atoms with Gasteiger partial charge in [0.2, 0.25) is 17.7 Å². The summed E-state index contributed by atoms with van der Waals surface area (Å²) in [7, 11) is 0. The molecule has 0 saturated carbocycles. The number of nitrogens with one attached hydrogen (secondary N) is 1. The summed E-state index contributed by atoms with van der Waals surface area (Å²) in [5.41, 5.74) is 9.53. The largest absolute Gasteiger partial charge is 0.508 e. The number of likely N-dealkylation sites (tertiary alicyclic amines) is 1. The van der Waals surface area contributed by atoms with Gasteiger partial charge in [-0.3, -0.25) is 43.8 Å². The lowest BCUT2D eigenvalue weighted by atomic mass is 9.69. The molecule has 4 aromatic carbocycles. The summed E-state index contributed by atoms with van der Waals surface area (Å²) < 4.78 is 2.04. The second-order valence-electron chi connectivity index (χ2n) is 16.6. The topological polar surface area (TPSA) is 145 Å². The molecule has 1 aromatic heterocycles. The highest BCUT2D eigenvalue weighted by Crippen LogP contribution is 2.47. The first kappa shape index (κ1) is 36.9. The van der Waals surface area contributed by atoms with E-state index in [1.165, 1.54) is 22.3 Å². The summed E-state index contributed by atoms with van der Waals surface area (Å²) >= 11 is 0. The molecular formula is C47H44N6O6. The normalized spacial score (nSPS) is 22.0. The fourth-order valence-corrected chi connectivity index (χ4v) is 10.1. The highest BCUT2D eigenvalue weighted by Gasteiger charge is 2.45. The van der Waals surface area contributed by atoms with E-state index in [1.807, 2.05) is 26.7 Å². The van der Waals surface area contributed by atoms with E-state index in [0.717, 1.165) is 52.8 Å². The second kappa shape index (κ2) is 14.8. The van der Waals surface area contributed by atoms with Gasteiger partial charge in [0.25, 0.3) is 11.8 Å². The number of carbonyl (C=O) groups is 5. The fourth-order valence-electron chi connectivity index (χ4n) is 10.1. The summed E-state index contributed by atoms with van der Waals surface area (Å²) in [5.74, 6) is -1.20. The highest BCUT2D eigenvalue weighted by molar-refractivity contribution is 6.23. The van der Waals surface area contributed by atoms with Gasteiger partial charge in [0, 0.05) is 50.3 Å². The van der Waals surface area contributed by atoms with Crippen LogP contribution in [0, 0.1) is 0 Å². The maximum Gasteiger partial charge on any atom is 0.262 e. The van der Waals surface area contributed by atoms with Crippen molar-refractivity contribution in [3.63, 3.8) is 0 Å². The monoisotopic (exact) mass is 788 g/mol. The van der Waals surface area contributed by atoms with Crippen LogP contribution < -0.4 is 5.32 Å². The number of rotatable bonds is 7. The average molecular weight is 789 g/mol. The maximum atomic E-state index is 13.5. The number of phenols is 1. The van der Waals surface area contributed by atoms with Gasteiger partial charge in [-0.15, -0.1) is 0 Å². The zero-order valence-electron chi connectivity index (χ0n) is 32.5. The minimum absolute atomic E-state index is 0.0492. The number of hydrogen-bond donors (Lipinski definition) is 2. The minimum Gasteiger partial charge on any atom is -0.508 e. The predicted molar refractivity (Wildman–Crippen MR) is 217 cm³/mol. The molecule has 0 bridgehead atoms. The van der Waals surface area contributed by atoms with E-state index in [-0.39, 0.29) is 48.4 Å². The Morgan fingerprint density at radius 1 is 0.746 bits per heavy atom. The quantitative estimate of drug-likeness (QED) is 0.200. The molecule has 2 fully saturated rings. The van der Waals surface area contributed by atoms with Gasteiger partial charge in [0.1, 0.15) is 11.8 Å². The number of aromatic hydroxyl groups is 1. The molecule has 0 radical (unpaired) electrons. The van der Waals surface area contributed by atoms with Crippen molar-refractivity contribution in [1.82, 2.24) is 29.8 Å². The number of aryl methyl sites for hydroxylation is 1. The van der Waals surface area contributed by atoms with Crippen LogP contribution in [-0.2, 0) is 33.9 Å². The zero-order valence-corrected chi connectivity index (χ0v) is 32.5. The van der Waals surface area contributed by atoms with Crippen LogP contribution in [0.1, 0.15) is 104 Å². The molecule has 12 nitrogen and oxygen atoms in total. The number of piperidine rings is 2. The SMILES string of the molecule is O=C1CCC(N2C(=O)c3cc4c(cc3C2=O)CN(CC(=O)N2CCC(n3cc(-c5ccc([C@@H]6c7ccc(O)cc7CC[C@@H]6c6ccccc6)cc5)cn3)CC2)C4)C(=O)N1. The lowest BCUT2D eigenvalue weighted by Gasteiger charge is -2.35. The molecule has 2 saturated heterocycles. The second-order valence-corrected chi connectivity index (χ2v) is 16.6. The molecule has 5 amide bonds. The van der Waals surface area contributed by atoms with Gasteiger partial charge >= 0.3 is 0 Å². The van der Waals surface area contributed by atoms with Crippen LogP contribution >= 0.6 is 0 Å². The Morgan fingerprint density at radius 3 is 2.15 bits per heavy atom. The van der Waals surface area contributed by atoms with E-state index in [9.17, 15) is 29.1 Å². The molecule has 4 aliphatic heterocycles. The molecule has 5 heterocycles. The number of fused-ring (bicyclic) bond motifs is 3. The number of amides is 5. The van der Waals surface area contributed by atoms with Gasteiger partial charge in [-0.2, -0.15) is 5.10 Å².